The van der Waals surface area contributed by atoms with Crippen molar-refractivity contribution < 1.29 is 9.72 Å². The van der Waals surface area contributed by atoms with Gasteiger partial charge < -0.3 is 10.6 Å². The highest BCUT2D eigenvalue weighted by Gasteiger charge is 2.22. The van der Waals surface area contributed by atoms with Gasteiger partial charge in [-0.2, -0.15) is 0 Å². The second-order valence-electron chi connectivity index (χ2n) is 4.40. The Morgan fingerprint density at radius 1 is 1.53 bits per heavy atom. The van der Waals surface area contributed by atoms with E-state index in [1.54, 1.807) is 19.1 Å². The van der Waals surface area contributed by atoms with Crippen molar-refractivity contribution in [3.8, 4) is 0 Å². The van der Waals surface area contributed by atoms with Crippen molar-refractivity contribution >= 4 is 29.7 Å². The number of hydrogen-bond acceptors (Lipinski definition) is 4. The van der Waals surface area contributed by atoms with Gasteiger partial charge in [0, 0.05) is 17.3 Å². The highest BCUT2D eigenvalue weighted by atomic mass is 35.5. The van der Waals surface area contributed by atoms with Crippen LogP contribution >= 0.6 is 12.4 Å². The minimum absolute atomic E-state index is 0. The van der Waals surface area contributed by atoms with Crippen LogP contribution in [0.1, 0.15) is 18.4 Å². The number of nitro groups is 1. The van der Waals surface area contributed by atoms with Gasteiger partial charge in [-0.25, -0.2) is 0 Å². The normalized spacial score (nSPS) is 17.6. The monoisotopic (exact) mass is 285 g/mol. The fraction of sp³-hybridized carbons (Fsp3) is 0.417. The molecule has 104 valence electrons. The number of benzene rings is 1. The average Bonchev–Trinajstić information content (AvgIpc) is 2.85. The van der Waals surface area contributed by atoms with Crippen LogP contribution in [0, 0.1) is 17.0 Å². The van der Waals surface area contributed by atoms with Crippen molar-refractivity contribution in [1.82, 2.24) is 5.32 Å². The molecule has 0 bridgehead atoms. The number of aryl methyl sites for hydroxylation is 1. The van der Waals surface area contributed by atoms with E-state index in [0.29, 0.717) is 11.3 Å². The predicted octanol–water partition coefficient (Wildman–Crippen LogP) is 2.02. The highest BCUT2D eigenvalue weighted by Crippen LogP contribution is 2.22. The van der Waals surface area contributed by atoms with E-state index in [1.807, 2.05) is 0 Å². The van der Waals surface area contributed by atoms with E-state index >= 15 is 0 Å². The Morgan fingerprint density at radius 3 is 2.84 bits per heavy atom. The van der Waals surface area contributed by atoms with E-state index < -0.39 is 4.92 Å². The minimum Gasteiger partial charge on any atom is -0.324 e. The van der Waals surface area contributed by atoms with E-state index in [4.69, 9.17) is 0 Å². The van der Waals surface area contributed by atoms with Crippen LogP contribution in [0.4, 0.5) is 11.4 Å². The maximum Gasteiger partial charge on any atom is 0.274 e. The summed E-state index contributed by atoms with van der Waals surface area (Å²) in [5, 5.41) is 16.6. The van der Waals surface area contributed by atoms with E-state index in [9.17, 15) is 14.9 Å². The smallest absolute Gasteiger partial charge is 0.274 e. The molecule has 19 heavy (non-hydrogen) atoms. The summed E-state index contributed by atoms with van der Waals surface area (Å²) in [5.74, 6) is -0.134. The number of nitro benzene ring substituents is 1. The topological polar surface area (TPSA) is 84.3 Å². The number of hydrogen-bond donors (Lipinski definition) is 2. The molecule has 0 saturated carbocycles. The second-order valence-corrected chi connectivity index (χ2v) is 4.40. The lowest BCUT2D eigenvalue weighted by Gasteiger charge is -2.11. The van der Waals surface area contributed by atoms with E-state index in [-0.39, 0.29) is 30.0 Å². The molecule has 2 N–H and O–H groups in total. The van der Waals surface area contributed by atoms with Crippen LogP contribution in [-0.4, -0.2) is 23.4 Å². The summed E-state index contributed by atoms with van der Waals surface area (Å²) < 4.78 is 0. The molecule has 0 aliphatic carbocycles. The Balaban J connectivity index is 0.00000180. The van der Waals surface area contributed by atoms with Crippen LogP contribution in [0.3, 0.4) is 0 Å². The molecule has 1 atom stereocenters. The van der Waals surface area contributed by atoms with Gasteiger partial charge in [-0.3, -0.25) is 14.9 Å². The van der Waals surface area contributed by atoms with Crippen LogP contribution in [0.2, 0.25) is 0 Å². The zero-order chi connectivity index (χ0) is 13.1. The number of rotatable bonds is 3. The number of carbonyl (C=O) groups excluding carboxylic acids is 1. The fourth-order valence-electron chi connectivity index (χ4n) is 2.02. The summed E-state index contributed by atoms with van der Waals surface area (Å²) in [6.07, 6.45) is 1.78. The van der Waals surface area contributed by atoms with Gasteiger partial charge in [0.1, 0.15) is 0 Å². The van der Waals surface area contributed by atoms with Gasteiger partial charge in [-0.15, -0.1) is 12.4 Å². The van der Waals surface area contributed by atoms with Gasteiger partial charge in [-0.1, -0.05) is 6.07 Å². The zero-order valence-corrected chi connectivity index (χ0v) is 11.3. The number of amides is 1. The lowest BCUT2D eigenvalue weighted by Crippen LogP contribution is -2.35. The highest BCUT2D eigenvalue weighted by molar-refractivity contribution is 5.95. The summed E-state index contributed by atoms with van der Waals surface area (Å²) in [5.41, 5.74) is 1.06. The Morgan fingerprint density at radius 2 is 2.26 bits per heavy atom. The third-order valence-corrected chi connectivity index (χ3v) is 3.05. The van der Waals surface area contributed by atoms with Gasteiger partial charge in [-0.05, 0) is 32.4 Å². The standard InChI is InChI=1S/C12H15N3O3.ClH/c1-8-4-5-9(7-11(8)15(17)18)14-12(16)10-3-2-6-13-10;/h4-5,7,10,13H,2-3,6H2,1H3,(H,14,16);1H/t10-;/m0./s1. The number of halogens is 1. The van der Waals surface area contributed by atoms with Crippen molar-refractivity contribution in [1.29, 1.82) is 0 Å². The molecular formula is C12H16ClN3O3. The Kier molecular flexibility index (Phi) is 5.26. The molecule has 1 aliphatic rings. The molecule has 7 heteroatoms. The first-order chi connectivity index (χ1) is 8.58. The van der Waals surface area contributed by atoms with Gasteiger partial charge in [0.05, 0.1) is 11.0 Å². The van der Waals surface area contributed by atoms with Crippen LogP contribution < -0.4 is 10.6 Å². The lowest BCUT2D eigenvalue weighted by molar-refractivity contribution is -0.385. The van der Waals surface area contributed by atoms with Gasteiger partial charge >= 0.3 is 0 Å². The maximum atomic E-state index is 11.8. The molecule has 1 saturated heterocycles. The summed E-state index contributed by atoms with van der Waals surface area (Å²) in [6.45, 7) is 2.51. The maximum absolute atomic E-state index is 11.8. The predicted molar refractivity (Wildman–Crippen MR) is 74.7 cm³/mol. The van der Waals surface area contributed by atoms with Crippen LogP contribution in [0.25, 0.3) is 0 Å². The molecule has 1 aromatic rings. The quantitative estimate of drug-likeness (QED) is 0.657. The van der Waals surface area contributed by atoms with Crippen LogP contribution in [-0.2, 0) is 4.79 Å². The van der Waals surface area contributed by atoms with Crippen molar-refractivity contribution in [2.45, 2.75) is 25.8 Å². The Labute approximate surface area is 117 Å². The number of carbonyl (C=O) groups is 1. The summed E-state index contributed by atoms with van der Waals surface area (Å²) in [4.78, 5) is 22.2. The average molecular weight is 286 g/mol. The molecule has 0 radical (unpaired) electrons. The molecule has 1 amide bonds. The molecule has 0 spiro atoms. The molecule has 1 aromatic carbocycles. The van der Waals surface area contributed by atoms with Gasteiger partial charge in [0.2, 0.25) is 5.91 Å². The molecule has 1 aliphatic heterocycles. The van der Waals surface area contributed by atoms with Crippen molar-refractivity contribution in [2.24, 2.45) is 0 Å². The number of nitrogens with zero attached hydrogens (tertiary/aromatic N) is 1. The first-order valence-electron chi connectivity index (χ1n) is 5.87. The van der Waals surface area contributed by atoms with Gasteiger partial charge in [0.25, 0.3) is 5.69 Å². The minimum atomic E-state index is -0.446. The van der Waals surface area contributed by atoms with Gasteiger partial charge in [0.15, 0.2) is 0 Å². The van der Waals surface area contributed by atoms with E-state index in [2.05, 4.69) is 10.6 Å². The van der Waals surface area contributed by atoms with E-state index in [0.717, 1.165) is 19.4 Å². The summed E-state index contributed by atoms with van der Waals surface area (Å²) >= 11 is 0. The molecule has 1 fully saturated rings. The third-order valence-electron chi connectivity index (χ3n) is 3.05. The summed E-state index contributed by atoms with van der Waals surface area (Å²) in [6, 6.07) is 4.51. The SMILES string of the molecule is Cc1ccc(NC(=O)[C@@H]2CCCN2)cc1[N+](=O)[O-].Cl. The van der Waals surface area contributed by atoms with Crippen LogP contribution in [0.5, 0.6) is 0 Å². The van der Waals surface area contributed by atoms with Crippen molar-refractivity contribution in [3.63, 3.8) is 0 Å². The lowest BCUT2D eigenvalue weighted by atomic mass is 10.1. The van der Waals surface area contributed by atoms with Crippen LogP contribution in [0.15, 0.2) is 18.2 Å². The third kappa shape index (κ3) is 3.65. The molecule has 6 nitrogen and oxygen atoms in total. The largest absolute Gasteiger partial charge is 0.324 e. The summed E-state index contributed by atoms with van der Waals surface area (Å²) in [7, 11) is 0. The molecular weight excluding hydrogens is 270 g/mol. The molecule has 2 rings (SSSR count). The fourth-order valence-corrected chi connectivity index (χ4v) is 2.02. The Bertz CT molecular complexity index is 487. The molecule has 1 heterocycles. The first kappa shape index (κ1) is 15.4. The zero-order valence-electron chi connectivity index (χ0n) is 10.5. The second kappa shape index (κ2) is 6.49. The molecule has 0 aromatic heterocycles. The Hall–Kier alpha value is -1.66. The number of anilines is 1. The van der Waals surface area contributed by atoms with Crippen molar-refractivity contribution in [2.75, 3.05) is 11.9 Å². The van der Waals surface area contributed by atoms with E-state index in [1.165, 1.54) is 6.07 Å². The van der Waals surface area contributed by atoms with Crippen molar-refractivity contribution in [3.05, 3.63) is 33.9 Å². The first-order valence-corrected chi connectivity index (χ1v) is 5.87. The number of nitrogens with one attached hydrogen (secondary N) is 2. The molecule has 0 unspecified atom stereocenters.